The Bertz CT molecular complexity index is 800. The molecule has 0 radical (unpaired) electrons. The van der Waals surface area contributed by atoms with Crippen molar-refractivity contribution in [3.8, 4) is 0 Å². The first-order valence-electron chi connectivity index (χ1n) is 8.56. The second-order valence-corrected chi connectivity index (χ2v) is 7.14. The van der Waals surface area contributed by atoms with Crippen LogP contribution in [0, 0.1) is 5.82 Å². The molecule has 3 rings (SSSR count). The van der Waals surface area contributed by atoms with Crippen LogP contribution in [0.3, 0.4) is 0 Å². The fourth-order valence-electron chi connectivity index (χ4n) is 2.94. The molecule has 1 aliphatic rings. The SMILES string of the molecule is NC(=S)N/N=C/c1ccc(CN2CCN(Cc3c(F)cccc3Cl)CC2)o1. The minimum atomic E-state index is -0.250. The van der Waals surface area contributed by atoms with E-state index in [2.05, 4.69) is 32.5 Å². The number of thiocarbonyl (C=S) groups is 1. The third kappa shape index (κ3) is 5.74. The van der Waals surface area contributed by atoms with Crippen molar-refractivity contribution < 1.29 is 8.81 Å². The van der Waals surface area contributed by atoms with E-state index >= 15 is 0 Å². The zero-order valence-electron chi connectivity index (χ0n) is 14.7. The highest BCUT2D eigenvalue weighted by atomic mass is 35.5. The van der Waals surface area contributed by atoms with Crippen molar-refractivity contribution in [2.24, 2.45) is 10.8 Å². The Morgan fingerprint density at radius 3 is 2.59 bits per heavy atom. The summed E-state index contributed by atoms with van der Waals surface area (Å²) in [6, 6.07) is 8.57. The van der Waals surface area contributed by atoms with Crippen LogP contribution < -0.4 is 11.2 Å². The molecule has 0 unspecified atom stereocenters. The smallest absolute Gasteiger partial charge is 0.184 e. The third-order valence-corrected chi connectivity index (χ3v) is 4.78. The van der Waals surface area contributed by atoms with Gasteiger partial charge in [-0.1, -0.05) is 17.7 Å². The fraction of sp³-hybridized carbons (Fsp3) is 0.333. The molecule has 0 amide bonds. The molecule has 0 spiro atoms. The normalized spacial score (nSPS) is 16.1. The summed E-state index contributed by atoms with van der Waals surface area (Å²) < 4.78 is 19.7. The van der Waals surface area contributed by atoms with Gasteiger partial charge in [0.05, 0.1) is 12.8 Å². The Kier molecular flexibility index (Phi) is 6.78. The molecule has 144 valence electrons. The van der Waals surface area contributed by atoms with Crippen LogP contribution in [0.5, 0.6) is 0 Å². The number of rotatable bonds is 6. The highest BCUT2D eigenvalue weighted by Gasteiger charge is 2.20. The van der Waals surface area contributed by atoms with E-state index in [0.29, 0.717) is 29.4 Å². The molecule has 27 heavy (non-hydrogen) atoms. The maximum absolute atomic E-state index is 13.9. The molecule has 6 nitrogen and oxygen atoms in total. The lowest BCUT2D eigenvalue weighted by atomic mass is 10.2. The van der Waals surface area contributed by atoms with Gasteiger partial charge in [-0.2, -0.15) is 5.10 Å². The average molecular weight is 410 g/mol. The quantitative estimate of drug-likeness (QED) is 0.434. The van der Waals surface area contributed by atoms with E-state index in [1.165, 1.54) is 12.3 Å². The van der Waals surface area contributed by atoms with Crippen LogP contribution >= 0.6 is 23.8 Å². The number of hydrogen-bond donors (Lipinski definition) is 2. The number of nitrogens with two attached hydrogens (primary N) is 1. The highest BCUT2D eigenvalue weighted by Crippen LogP contribution is 2.21. The maximum atomic E-state index is 13.9. The van der Waals surface area contributed by atoms with Crippen molar-refractivity contribution >= 4 is 35.1 Å². The van der Waals surface area contributed by atoms with E-state index in [1.807, 2.05) is 12.1 Å². The van der Waals surface area contributed by atoms with Crippen molar-refractivity contribution in [3.05, 3.63) is 58.3 Å². The van der Waals surface area contributed by atoms with Crippen LogP contribution in [0.25, 0.3) is 0 Å². The number of nitrogens with zero attached hydrogens (tertiary/aromatic N) is 3. The van der Waals surface area contributed by atoms with Gasteiger partial charge < -0.3 is 10.2 Å². The lowest BCUT2D eigenvalue weighted by molar-refractivity contribution is 0.115. The minimum Gasteiger partial charge on any atom is -0.459 e. The van der Waals surface area contributed by atoms with Gasteiger partial charge in [-0.3, -0.25) is 15.2 Å². The molecule has 0 atom stereocenters. The highest BCUT2D eigenvalue weighted by molar-refractivity contribution is 7.80. The zero-order chi connectivity index (χ0) is 19.2. The van der Waals surface area contributed by atoms with Gasteiger partial charge in [0.15, 0.2) is 5.11 Å². The van der Waals surface area contributed by atoms with Gasteiger partial charge in [0.25, 0.3) is 0 Å². The predicted octanol–water partition coefficient (Wildman–Crippen LogP) is 2.56. The molecule has 1 aromatic carbocycles. The molecule has 1 fully saturated rings. The average Bonchev–Trinajstić information content (AvgIpc) is 3.07. The van der Waals surface area contributed by atoms with Crippen LogP contribution in [0.1, 0.15) is 17.1 Å². The Morgan fingerprint density at radius 2 is 1.93 bits per heavy atom. The number of furan rings is 1. The van der Waals surface area contributed by atoms with Crippen LogP contribution in [0.4, 0.5) is 4.39 Å². The molecule has 2 heterocycles. The van der Waals surface area contributed by atoms with E-state index in [9.17, 15) is 4.39 Å². The van der Waals surface area contributed by atoms with Crippen LogP contribution in [-0.4, -0.2) is 47.3 Å². The molecule has 2 aromatic rings. The summed E-state index contributed by atoms with van der Waals surface area (Å²) in [5.74, 6) is 1.23. The number of piperazine rings is 1. The molecular formula is C18H21ClFN5OS. The van der Waals surface area contributed by atoms with Crippen LogP contribution in [-0.2, 0) is 13.1 Å². The summed E-state index contributed by atoms with van der Waals surface area (Å²) in [4.78, 5) is 4.51. The topological polar surface area (TPSA) is 70.0 Å². The first-order chi connectivity index (χ1) is 13.0. The minimum absolute atomic E-state index is 0.104. The molecule has 0 aliphatic carbocycles. The molecule has 0 bridgehead atoms. The van der Waals surface area contributed by atoms with Gasteiger partial charge in [0.1, 0.15) is 17.3 Å². The Balaban J connectivity index is 1.48. The van der Waals surface area contributed by atoms with Crippen LogP contribution in [0.15, 0.2) is 39.9 Å². The Hall–Kier alpha value is -2.00. The molecule has 3 N–H and O–H groups in total. The van der Waals surface area contributed by atoms with Crippen molar-refractivity contribution in [2.75, 3.05) is 26.2 Å². The van der Waals surface area contributed by atoms with Gasteiger partial charge in [-0.05, 0) is 36.5 Å². The first-order valence-corrected chi connectivity index (χ1v) is 9.34. The molecule has 1 aliphatic heterocycles. The monoisotopic (exact) mass is 409 g/mol. The van der Waals surface area contributed by atoms with Crippen LogP contribution in [0.2, 0.25) is 5.02 Å². The lowest BCUT2D eigenvalue weighted by Gasteiger charge is -2.34. The number of hydrogen-bond acceptors (Lipinski definition) is 5. The molecule has 9 heteroatoms. The lowest BCUT2D eigenvalue weighted by Crippen LogP contribution is -2.45. The summed E-state index contributed by atoms with van der Waals surface area (Å²) >= 11 is 10.8. The second kappa shape index (κ2) is 9.27. The van der Waals surface area contributed by atoms with Crippen molar-refractivity contribution in [2.45, 2.75) is 13.1 Å². The second-order valence-electron chi connectivity index (χ2n) is 6.29. The fourth-order valence-corrected chi connectivity index (χ4v) is 3.22. The van der Waals surface area contributed by atoms with E-state index in [0.717, 1.165) is 31.9 Å². The van der Waals surface area contributed by atoms with E-state index in [-0.39, 0.29) is 10.9 Å². The van der Waals surface area contributed by atoms with Crippen molar-refractivity contribution in [3.63, 3.8) is 0 Å². The van der Waals surface area contributed by atoms with E-state index in [4.69, 9.17) is 21.8 Å². The van der Waals surface area contributed by atoms with Crippen molar-refractivity contribution in [1.29, 1.82) is 0 Å². The zero-order valence-corrected chi connectivity index (χ0v) is 16.3. The number of nitrogens with one attached hydrogen (secondary N) is 1. The summed E-state index contributed by atoms with van der Waals surface area (Å²) in [5.41, 5.74) is 8.35. The number of benzene rings is 1. The summed E-state index contributed by atoms with van der Waals surface area (Å²) in [6.45, 7) is 4.68. The number of halogens is 2. The first kappa shape index (κ1) is 19.8. The molecular weight excluding hydrogens is 389 g/mol. The van der Waals surface area contributed by atoms with E-state index < -0.39 is 0 Å². The summed E-state index contributed by atoms with van der Waals surface area (Å²) in [5, 5.41) is 4.45. The van der Waals surface area contributed by atoms with Gasteiger partial charge >= 0.3 is 0 Å². The van der Waals surface area contributed by atoms with Gasteiger partial charge in [0.2, 0.25) is 0 Å². The largest absolute Gasteiger partial charge is 0.459 e. The molecule has 0 saturated carbocycles. The van der Waals surface area contributed by atoms with Crippen molar-refractivity contribution in [1.82, 2.24) is 15.2 Å². The summed E-state index contributed by atoms with van der Waals surface area (Å²) in [7, 11) is 0. The molecule has 1 saturated heterocycles. The third-order valence-electron chi connectivity index (χ3n) is 4.34. The standard InChI is InChI=1S/C18H21ClFN5OS/c19-16-2-1-3-17(20)15(16)12-25-8-6-24(7-9-25)11-14-5-4-13(26-14)10-22-23-18(21)27/h1-5,10H,6-9,11-12H2,(H3,21,23,27)/b22-10+. The summed E-state index contributed by atoms with van der Waals surface area (Å²) in [6.07, 6.45) is 1.53. The van der Waals surface area contributed by atoms with Gasteiger partial charge in [-0.25, -0.2) is 4.39 Å². The molecule has 1 aromatic heterocycles. The van der Waals surface area contributed by atoms with E-state index in [1.54, 1.807) is 12.1 Å². The van der Waals surface area contributed by atoms with Gasteiger partial charge in [0, 0.05) is 43.3 Å². The van der Waals surface area contributed by atoms with Gasteiger partial charge in [-0.15, -0.1) is 0 Å². The predicted molar refractivity (Wildman–Crippen MR) is 108 cm³/mol. The maximum Gasteiger partial charge on any atom is 0.184 e. The number of hydrazone groups is 1. The Morgan fingerprint density at radius 1 is 1.22 bits per heavy atom. The Labute approximate surface area is 167 Å².